The van der Waals surface area contributed by atoms with Gasteiger partial charge in [0.25, 0.3) is 0 Å². The zero-order chi connectivity index (χ0) is 17.1. The predicted molar refractivity (Wildman–Crippen MR) is 107 cm³/mol. The van der Waals surface area contributed by atoms with Crippen LogP contribution in [0.15, 0.2) is 18.2 Å². The summed E-state index contributed by atoms with van der Waals surface area (Å²) in [6.45, 7) is 7.84. The Morgan fingerprint density at radius 1 is 1.21 bits per heavy atom. The van der Waals surface area contributed by atoms with Crippen molar-refractivity contribution in [2.75, 3.05) is 11.9 Å². The number of thiocarbonyl (C=S) groups is 1. The van der Waals surface area contributed by atoms with Crippen LogP contribution in [0.25, 0.3) is 0 Å². The predicted octanol–water partition coefficient (Wildman–Crippen LogP) is 4.39. The molecule has 2 heterocycles. The maximum atomic E-state index is 5.60. The van der Waals surface area contributed by atoms with Crippen LogP contribution in [0.5, 0.6) is 0 Å². The van der Waals surface area contributed by atoms with Gasteiger partial charge in [0.2, 0.25) is 0 Å². The average Bonchev–Trinajstić information content (AvgIpc) is 2.53. The highest BCUT2D eigenvalue weighted by molar-refractivity contribution is 7.80. The van der Waals surface area contributed by atoms with Crippen molar-refractivity contribution in [2.45, 2.75) is 77.4 Å². The monoisotopic (exact) mass is 345 g/mol. The number of hydrogen-bond donors (Lipinski definition) is 2. The van der Waals surface area contributed by atoms with Crippen LogP contribution in [0.2, 0.25) is 0 Å². The van der Waals surface area contributed by atoms with Gasteiger partial charge < -0.3 is 10.6 Å². The molecule has 3 nitrogen and oxygen atoms in total. The smallest absolute Gasteiger partial charge is 0.171 e. The summed E-state index contributed by atoms with van der Waals surface area (Å²) < 4.78 is 0. The number of anilines is 1. The molecule has 132 valence electrons. The Kier molecular flexibility index (Phi) is 5.77. The van der Waals surface area contributed by atoms with E-state index in [-0.39, 0.29) is 0 Å². The van der Waals surface area contributed by atoms with Crippen molar-refractivity contribution in [3.05, 3.63) is 29.3 Å². The van der Waals surface area contributed by atoms with Crippen LogP contribution in [0, 0.1) is 13.8 Å². The SMILES string of the molecule is CCCN1[C@@H]2CCC[C@@H]1CC(NC(=S)Nc1cccc(C)c1C)C2. The van der Waals surface area contributed by atoms with Gasteiger partial charge in [-0.3, -0.25) is 4.90 Å². The number of nitrogens with one attached hydrogen (secondary N) is 2. The molecule has 3 rings (SSSR count). The lowest BCUT2D eigenvalue weighted by Crippen LogP contribution is -2.57. The summed E-state index contributed by atoms with van der Waals surface area (Å²) in [6, 6.07) is 8.34. The molecule has 0 amide bonds. The van der Waals surface area contributed by atoms with Crippen LogP contribution in [-0.2, 0) is 0 Å². The van der Waals surface area contributed by atoms with Crippen LogP contribution in [0.3, 0.4) is 0 Å². The highest BCUT2D eigenvalue weighted by atomic mass is 32.1. The second-order valence-electron chi connectivity index (χ2n) is 7.49. The minimum absolute atomic E-state index is 0.513. The van der Waals surface area contributed by atoms with Gasteiger partial charge in [0.15, 0.2) is 5.11 Å². The Labute approximate surface area is 152 Å². The number of rotatable bonds is 4. The van der Waals surface area contributed by atoms with E-state index in [0.29, 0.717) is 6.04 Å². The van der Waals surface area contributed by atoms with Crippen LogP contribution >= 0.6 is 12.2 Å². The molecule has 2 aliphatic rings. The Morgan fingerprint density at radius 3 is 2.58 bits per heavy atom. The molecule has 0 saturated carbocycles. The average molecular weight is 346 g/mol. The quantitative estimate of drug-likeness (QED) is 0.792. The van der Waals surface area contributed by atoms with E-state index in [4.69, 9.17) is 12.2 Å². The minimum Gasteiger partial charge on any atom is -0.360 e. The summed E-state index contributed by atoms with van der Waals surface area (Å²) in [6.07, 6.45) is 7.82. The standard InChI is InChI=1S/C20H31N3S/c1-4-11-23-17-8-6-9-18(23)13-16(12-17)21-20(24)22-19-10-5-7-14(2)15(19)3/h5,7,10,16-18H,4,6,8-9,11-13H2,1-3H3,(H2,21,22,24)/t17-,18-/m1/s1. The molecule has 2 saturated heterocycles. The summed E-state index contributed by atoms with van der Waals surface area (Å²) >= 11 is 5.60. The van der Waals surface area contributed by atoms with E-state index in [9.17, 15) is 0 Å². The number of nitrogens with zero attached hydrogens (tertiary/aromatic N) is 1. The van der Waals surface area contributed by atoms with E-state index < -0.39 is 0 Å². The second kappa shape index (κ2) is 7.83. The van der Waals surface area contributed by atoms with Crippen molar-refractivity contribution in [1.82, 2.24) is 10.2 Å². The van der Waals surface area contributed by atoms with Crippen molar-refractivity contribution in [3.63, 3.8) is 0 Å². The van der Waals surface area contributed by atoms with Crippen molar-refractivity contribution in [3.8, 4) is 0 Å². The van der Waals surface area contributed by atoms with Crippen molar-refractivity contribution in [1.29, 1.82) is 0 Å². The van der Waals surface area contributed by atoms with E-state index in [2.05, 4.69) is 54.5 Å². The zero-order valence-electron chi connectivity index (χ0n) is 15.3. The third kappa shape index (κ3) is 3.92. The van der Waals surface area contributed by atoms with Gasteiger partial charge in [-0.05, 0) is 81.9 Å². The number of fused-ring (bicyclic) bond motifs is 2. The van der Waals surface area contributed by atoms with Crippen LogP contribution in [-0.4, -0.2) is 34.7 Å². The maximum Gasteiger partial charge on any atom is 0.171 e. The first-order valence-corrected chi connectivity index (χ1v) is 9.88. The van der Waals surface area contributed by atoms with Crippen LogP contribution in [0.4, 0.5) is 5.69 Å². The van der Waals surface area contributed by atoms with Gasteiger partial charge >= 0.3 is 0 Å². The molecule has 2 aliphatic heterocycles. The fourth-order valence-electron chi connectivity index (χ4n) is 4.45. The minimum atomic E-state index is 0.513. The number of aryl methyl sites for hydroxylation is 1. The summed E-state index contributed by atoms with van der Waals surface area (Å²) in [5.41, 5.74) is 3.69. The molecular weight excluding hydrogens is 314 g/mol. The lowest BCUT2D eigenvalue weighted by atomic mass is 9.81. The molecule has 0 spiro atoms. The molecule has 0 unspecified atom stereocenters. The fraction of sp³-hybridized carbons (Fsp3) is 0.650. The lowest BCUT2D eigenvalue weighted by molar-refractivity contribution is 0.0284. The third-order valence-corrected chi connectivity index (χ3v) is 6.02. The maximum absolute atomic E-state index is 5.60. The highest BCUT2D eigenvalue weighted by Crippen LogP contribution is 2.34. The van der Waals surface area contributed by atoms with Gasteiger partial charge in [0, 0.05) is 23.8 Å². The van der Waals surface area contributed by atoms with Gasteiger partial charge in [0.05, 0.1) is 0 Å². The molecular formula is C20H31N3S. The van der Waals surface area contributed by atoms with Crippen molar-refractivity contribution >= 4 is 23.0 Å². The number of piperidine rings is 2. The zero-order valence-corrected chi connectivity index (χ0v) is 16.1. The Balaban J connectivity index is 1.58. The molecule has 0 radical (unpaired) electrons. The molecule has 0 aromatic heterocycles. The van der Waals surface area contributed by atoms with Gasteiger partial charge in [-0.25, -0.2) is 0 Å². The number of hydrogen-bond acceptors (Lipinski definition) is 2. The molecule has 4 heteroatoms. The Bertz CT molecular complexity index is 572. The molecule has 1 aromatic carbocycles. The fourth-order valence-corrected chi connectivity index (χ4v) is 4.73. The van der Waals surface area contributed by atoms with Gasteiger partial charge in [-0.2, -0.15) is 0 Å². The van der Waals surface area contributed by atoms with Gasteiger partial charge in [0.1, 0.15) is 0 Å². The van der Waals surface area contributed by atoms with Crippen LogP contribution < -0.4 is 10.6 Å². The lowest BCUT2D eigenvalue weighted by Gasteiger charge is -2.49. The summed E-state index contributed by atoms with van der Waals surface area (Å²) in [7, 11) is 0. The topological polar surface area (TPSA) is 27.3 Å². The van der Waals surface area contributed by atoms with E-state index in [0.717, 1.165) is 22.9 Å². The van der Waals surface area contributed by atoms with E-state index >= 15 is 0 Å². The first-order chi connectivity index (χ1) is 11.6. The summed E-state index contributed by atoms with van der Waals surface area (Å²) in [5, 5.41) is 7.78. The third-order valence-electron chi connectivity index (χ3n) is 5.80. The molecule has 1 aromatic rings. The largest absolute Gasteiger partial charge is 0.360 e. The summed E-state index contributed by atoms with van der Waals surface area (Å²) in [5.74, 6) is 0. The number of benzene rings is 1. The van der Waals surface area contributed by atoms with Crippen LogP contribution in [0.1, 0.15) is 56.6 Å². The first kappa shape index (κ1) is 17.7. The molecule has 2 N–H and O–H groups in total. The molecule has 24 heavy (non-hydrogen) atoms. The van der Waals surface area contributed by atoms with E-state index in [1.807, 2.05) is 0 Å². The van der Waals surface area contributed by atoms with Crippen molar-refractivity contribution < 1.29 is 0 Å². The van der Waals surface area contributed by atoms with Crippen molar-refractivity contribution in [2.24, 2.45) is 0 Å². The van der Waals surface area contributed by atoms with Gasteiger partial charge in [-0.1, -0.05) is 25.5 Å². The first-order valence-electron chi connectivity index (χ1n) is 9.48. The Hall–Kier alpha value is -1.13. The van der Waals surface area contributed by atoms with E-state index in [1.54, 1.807) is 0 Å². The Morgan fingerprint density at radius 2 is 1.92 bits per heavy atom. The van der Waals surface area contributed by atoms with E-state index in [1.165, 1.54) is 56.2 Å². The highest BCUT2D eigenvalue weighted by Gasteiger charge is 2.37. The summed E-state index contributed by atoms with van der Waals surface area (Å²) in [4.78, 5) is 2.77. The molecule has 2 fully saturated rings. The second-order valence-corrected chi connectivity index (χ2v) is 7.90. The molecule has 2 atom stereocenters. The van der Waals surface area contributed by atoms with Gasteiger partial charge in [-0.15, -0.1) is 0 Å². The molecule has 0 aliphatic carbocycles. The normalized spacial score (nSPS) is 26.9. The molecule has 2 bridgehead atoms.